The molecule has 4 nitrogen and oxygen atoms in total. The molecule has 0 heterocycles. The lowest BCUT2D eigenvalue weighted by Crippen LogP contribution is -2.22. The van der Waals surface area contributed by atoms with E-state index in [0.717, 1.165) is 0 Å². The first-order valence-corrected chi connectivity index (χ1v) is 8.56. The minimum atomic E-state index is -0.492. The van der Waals surface area contributed by atoms with Crippen molar-refractivity contribution in [2.45, 2.75) is 50.8 Å². The second-order valence-corrected chi connectivity index (χ2v) is 6.44. The zero-order chi connectivity index (χ0) is 16.0. The van der Waals surface area contributed by atoms with Crippen LogP contribution in [-0.2, 0) is 14.3 Å². The Kier molecular flexibility index (Phi) is 7.49. The largest absolute Gasteiger partial charge is 0.460 e. The molecule has 118 valence electrons. The number of aliphatic imine (C=N–C) groups is 1. The van der Waals surface area contributed by atoms with Crippen LogP contribution in [0.15, 0.2) is 28.8 Å². The van der Waals surface area contributed by atoms with Gasteiger partial charge in [0.25, 0.3) is 0 Å². The van der Waals surface area contributed by atoms with Gasteiger partial charge in [-0.2, -0.15) is 0 Å². The molecule has 0 radical (unpaired) electrons. The van der Waals surface area contributed by atoms with Gasteiger partial charge in [0.05, 0.1) is 28.9 Å². The number of carbonyl (C=O) groups excluding carboxylic acids is 1. The van der Waals surface area contributed by atoms with Crippen molar-refractivity contribution in [3.8, 4) is 0 Å². The third kappa shape index (κ3) is 6.24. The molecule has 6 heteroatoms. The van der Waals surface area contributed by atoms with Crippen LogP contribution in [0.4, 0.5) is 0 Å². The Hall–Kier alpha value is -0.780. The number of ether oxygens (including phenoxy) is 2. The normalized spacial score (nSPS) is 21.8. The molecule has 0 aromatic heterocycles. The monoisotopic (exact) mass is 331 g/mol. The quantitative estimate of drug-likeness (QED) is 0.424. The molecule has 2 atom stereocenters. The molecule has 0 amide bonds. The Morgan fingerprint density at radius 3 is 2.52 bits per heavy atom. The van der Waals surface area contributed by atoms with Crippen molar-refractivity contribution < 1.29 is 14.3 Å². The number of allylic oxidation sites excluding steroid dienone is 3. The molecule has 0 aromatic carbocycles. The highest BCUT2D eigenvalue weighted by atomic mass is 35.5. The Bertz CT molecular complexity index is 458. The number of thioether (sulfide) groups is 1. The van der Waals surface area contributed by atoms with Gasteiger partial charge in [-0.3, -0.25) is 0 Å². The lowest BCUT2D eigenvalue weighted by atomic mass is 10.0. The summed E-state index contributed by atoms with van der Waals surface area (Å²) in [4.78, 5) is 16.5. The van der Waals surface area contributed by atoms with Crippen LogP contribution in [0, 0.1) is 0 Å². The Labute approximate surface area is 135 Å². The third-order valence-corrected chi connectivity index (χ3v) is 3.46. The number of carbonyl (C=O) groups is 1. The SMILES string of the molecule is CSC(N=C1C=CC(Cl)C(C(=O)OC(C)C)=C1)OC(C)C. The van der Waals surface area contributed by atoms with Gasteiger partial charge in [0.15, 0.2) is 5.56 Å². The van der Waals surface area contributed by atoms with E-state index in [1.165, 1.54) is 11.8 Å². The minimum absolute atomic E-state index is 0.0782. The van der Waals surface area contributed by atoms with Crippen LogP contribution < -0.4 is 0 Å². The van der Waals surface area contributed by atoms with E-state index >= 15 is 0 Å². The molecule has 1 aliphatic carbocycles. The van der Waals surface area contributed by atoms with Crippen molar-refractivity contribution in [2.24, 2.45) is 4.99 Å². The highest BCUT2D eigenvalue weighted by molar-refractivity contribution is 7.99. The second kappa shape index (κ2) is 8.61. The van der Waals surface area contributed by atoms with Gasteiger partial charge in [-0.15, -0.1) is 23.4 Å². The molecule has 0 aliphatic heterocycles. The predicted octanol–water partition coefficient (Wildman–Crippen LogP) is 3.55. The fourth-order valence-electron chi connectivity index (χ4n) is 1.60. The van der Waals surface area contributed by atoms with E-state index in [2.05, 4.69) is 4.99 Å². The molecule has 1 rings (SSSR count). The number of nitrogens with zero attached hydrogens (tertiary/aromatic N) is 1. The first kappa shape index (κ1) is 18.3. The second-order valence-electron chi connectivity index (χ2n) is 5.10. The van der Waals surface area contributed by atoms with Crippen molar-refractivity contribution in [1.82, 2.24) is 0 Å². The number of esters is 1. The molecule has 0 aromatic rings. The number of hydrogen-bond donors (Lipinski definition) is 0. The van der Waals surface area contributed by atoms with E-state index in [1.54, 1.807) is 32.1 Å². The van der Waals surface area contributed by atoms with Crippen LogP contribution in [0.25, 0.3) is 0 Å². The summed E-state index contributed by atoms with van der Waals surface area (Å²) in [7, 11) is 0. The van der Waals surface area contributed by atoms with Gasteiger partial charge >= 0.3 is 5.97 Å². The molecular weight excluding hydrogens is 310 g/mol. The first-order valence-electron chi connectivity index (χ1n) is 6.84. The van der Waals surface area contributed by atoms with Crippen molar-refractivity contribution in [1.29, 1.82) is 0 Å². The fourth-order valence-corrected chi connectivity index (χ4v) is 2.39. The van der Waals surface area contributed by atoms with Crippen molar-refractivity contribution in [3.63, 3.8) is 0 Å². The number of alkyl halides is 1. The predicted molar refractivity (Wildman–Crippen MR) is 89.1 cm³/mol. The van der Waals surface area contributed by atoms with Gasteiger partial charge < -0.3 is 9.47 Å². The smallest absolute Gasteiger partial charge is 0.336 e. The van der Waals surface area contributed by atoms with Gasteiger partial charge in [-0.05, 0) is 46.1 Å². The van der Waals surface area contributed by atoms with Gasteiger partial charge in [0.1, 0.15) is 0 Å². The van der Waals surface area contributed by atoms with Crippen LogP contribution in [0.3, 0.4) is 0 Å². The molecule has 0 fully saturated rings. The topological polar surface area (TPSA) is 47.9 Å². The average Bonchev–Trinajstić information content (AvgIpc) is 2.38. The molecular formula is C15H22ClNO3S. The zero-order valence-electron chi connectivity index (χ0n) is 13.0. The summed E-state index contributed by atoms with van der Waals surface area (Å²) in [6.45, 7) is 7.51. The maximum atomic E-state index is 12.0. The Morgan fingerprint density at radius 1 is 1.33 bits per heavy atom. The molecule has 0 bridgehead atoms. The number of halogens is 1. The molecule has 21 heavy (non-hydrogen) atoms. The summed E-state index contributed by atoms with van der Waals surface area (Å²) in [6, 6.07) is 0. The molecule has 0 N–H and O–H groups in total. The maximum absolute atomic E-state index is 12.0. The minimum Gasteiger partial charge on any atom is -0.460 e. The third-order valence-electron chi connectivity index (χ3n) is 2.46. The highest BCUT2D eigenvalue weighted by Crippen LogP contribution is 2.21. The molecule has 0 spiro atoms. The molecule has 1 aliphatic rings. The van der Waals surface area contributed by atoms with E-state index in [-0.39, 0.29) is 17.8 Å². The van der Waals surface area contributed by atoms with Gasteiger partial charge in [-0.25, -0.2) is 9.79 Å². The summed E-state index contributed by atoms with van der Waals surface area (Å²) in [6.07, 6.45) is 6.99. The van der Waals surface area contributed by atoms with Crippen LogP contribution in [0.1, 0.15) is 27.7 Å². The van der Waals surface area contributed by atoms with E-state index in [4.69, 9.17) is 21.1 Å². The summed E-state index contributed by atoms with van der Waals surface area (Å²) < 4.78 is 10.8. The summed E-state index contributed by atoms with van der Waals surface area (Å²) >= 11 is 7.62. The van der Waals surface area contributed by atoms with Crippen LogP contribution in [0.2, 0.25) is 0 Å². The zero-order valence-corrected chi connectivity index (χ0v) is 14.6. The van der Waals surface area contributed by atoms with E-state index in [9.17, 15) is 4.79 Å². The Balaban J connectivity index is 2.90. The average molecular weight is 332 g/mol. The van der Waals surface area contributed by atoms with E-state index < -0.39 is 11.3 Å². The van der Waals surface area contributed by atoms with Crippen LogP contribution >= 0.6 is 23.4 Å². The molecule has 0 saturated carbocycles. The van der Waals surface area contributed by atoms with E-state index in [0.29, 0.717) is 11.3 Å². The van der Waals surface area contributed by atoms with Crippen molar-refractivity contribution in [3.05, 3.63) is 23.8 Å². The van der Waals surface area contributed by atoms with E-state index in [1.807, 2.05) is 20.1 Å². The summed E-state index contributed by atoms with van der Waals surface area (Å²) in [5, 5.41) is -0.492. The van der Waals surface area contributed by atoms with Crippen LogP contribution in [0.5, 0.6) is 0 Å². The number of rotatable bonds is 6. The standard InChI is InChI=1S/C15H22ClNO3S/c1-9(2)19-14(18)12-8-11(6-7-13(12)16)17-15(21-5)20-10(3)4/h6-10,13,15H,1-5H3. The molecule has 2 unspecified atom stereocenters. The Morgan fingerprint density at radius 2 is 2.00 bits per heavy atom. The van der Waals surface area contributed by atoms with Gasteiger partial charge in [0, 0.05) is 0 Å². The maximum Gasteiger partial charge on any atom is 0.336 e. The van der Waals surface area contributed by atoms with Gasteiger partial charge in [-0.1, -0.05) is 6.08 Å². The lowest BCUT2D eigenvalue weighted by molar-refractivity contribution is -0.142. The molecule has 0 saturated heterocycles. The van der Waals surface area contributed by atoms with Gasteiger partial charge in [0.2, 0.25) is 0 Å². The number of hydrogen-bond acceptors (Lipinski definition) is 5. The fraction of sp³-hybridized carbons (Fsp3) is 0.600. The first-order chi connectivity index (χ1) is 9.83. The van der Waals surface area contributed by atoms with Crippen molar-refractivity contribution in [2.75, 3.05) is 6.26 Å². The van der Waals surface area contributed by atoms with Crippen LogP contribution in [-0.4, -0.2) is 41.1 Å². The lowest BCUT2D eigenvalue weighted by Gasteiger charge is -2.18. The highest BCUT2D eigenvalue weighted by Gasteiger charge is 2.23. The summed E-state index contributed by atoms with van der Waals surface area (Å²) in [5.74, 6) is -0.410. The summed E-state index contributed by atoms with van der Waals surface area (Å²) in [5.41, 5.74) is 0.744. The van der Waals surface area contributed by atoms with Crippen molar-refractivity contribution >= 4 is 35.0 Å².